The molecule has 0 aromatic heterocycles. The van der Waals surface area contributed by atoms with Crippen molar-refractivity contribution in [3.05, 3.63) is 192 Å². The van der Waals surface area contributed by atoms with Crippen molar-refractivity contribution in [1.29, 1.82) is 0 Å². The number of fused-ring (bicyclic) bond motifs is 2. The van der Waals surface area contributed by atoms with Crippen molar-refractivity contribution >= 4 is 46.1 Å². The lowest BCUT2D eigenvalue weighted by Crippen LogP contribution is -2.29. The molecule has 68 heavy (non-hydrogen) atoms. The smallest absolute Gasteiger partial charge is 0.453 e. The first kappa shape index (κ1) is 44.6. The highest BCUT2D eigenvalue weighted by Gasteiger charge is 2.53. The number of halogens is 4. The Labute approximate surface area is 389 Å². The van der Waals surface area contributed by atoms with E-state index in [1.165, 1.54) is 12.1 Å². The van der Waals surface area contributed by atoms with E-state index < -0.39 is 66.7 Å². The Morgan fingerprint density at radius 2 is 0.779 bits per heavy atom. The van der Waals surface area contributed by atoms with Gasteiger partial charge in [0.25, 0.3) is 0 Å². The van der Waals surface area contributed by atoms with E-state index in [9.17, 15) is 0 Å². The van der Waals surface area contributed by atoms with E-state index in [0.717, 1.165) is 22.3 Å². The van der Waals surface area contributed by atoms with E-state index in [0.29, 0.717) is 0 Å². The molecule has 2 aliphatic rings. The van der Waals surface area contributed by atoms with Crippen molar-refractivity contribution in [2.45, 2.75) is 40.3 Å². The molecule has 8 nitrogen and oxygen atoms in total. The summed E-state index contributed by atoms with van der Waals surface area (Å²) in [4.78, 5) is 0. The van der Waals surface area contributed by atoms with Crippen LogP contribution in [0.2, 0.25) is 0 Å². The van der Waals surface area contributed by atoms with Crippen molar-refractivity contribution in [3.63, 3.8) is 0 Å². The molecular weight excluding hydrogens is 915 g/mol. The van der Waals surface area contributed by atoms with Crippen LogP contribution in [0.25, 0.3) is 11.1 Å². The summed E-state index contributed by atoms with van der Waals surface area (Å²) in [6.07, 6.45) is -8.74. The maximum Gasteiger partial charge on any atom is 0.586 e. The third kappa shape index (κ3) is 7.97. The van der Waals surface area contributed by atoms with Gasteiger partial charge in [-0.3, -0.25) is 0 Å². The van der Waals surface area contributed by atoms with E-state index >= 15 is 26.7 Å². The Hall–Kier alpha value is -7.26. The topological polar surface area (TPSA) is 89.5 Å². The van der Waals surface area contributed by atoms with Gasteiger partial charge in [-0.15, -0.1) is 17.6 Å². The second kappa shape index (κ2) is 16.8. The van der Waals surface area contributed by atoms with Crippen LogP contribution >= 0.6 is 14.3 Å². The summed E-state index contributed by atoms with van der Waals surface area (Å²) in [5.74, 6) is -3.14. The van der Waals surface area contributed by atoms with Crippen molar-refractivity contribution in [2.75, 3.05) is 0 Å². The normalized spacial score (nSPS) is 14.4. The first-order chi connectivity index (χ1) is 32.5. The van der Waals surface area contributed by atoms with Crippen molar-refractivity contribution in [2.24, 2.45) is 0 Å². The molecule has 0 spiro atoms. The lowest BCUT2D eigenvalue weighted by Gasteiger charge is -2.27. The highest BCUT2D eigenvalue weighted by atomic mass is 31.2. The van der Waals surface area contributed by atoms with E-state index in [1.807, 2.05) is 27.7 Å². The Bertz CT molecular complexity index is 3210. The number of alkyl halides is 4. The van der Waals surface area contributed by atoms with Gasteiger partial charge in [-0.1, -0.05) is 156 Å². The zero-order valence-corrected chi connectivity index (χ0v) is 38.6. The number of rotatable bonds is 11. The van der Waals surface area contributed by atoms with Crippen LogP contribution in [0.15, 0.2) is 170 Å². The molecule has 0 unspecified atom stereocenters. The summed E-state index contributed by atoms with van der Waals surface area (Å²) < 4.78 is 132. The molecule has 0 aliphatic carbocycles. The molecule has 2 heterocycles. The van der Waals surface area contributed by atoms with Crippen LogP contribution in [0.4, 0.5) is 17.6 Å². The first-order valence-electron chi connectivity index (χ1n) is 21.4. The molecule has 0 N–H and O–H groups in total. The van der Waals surface area contributed by atoms with Gasteiger partial charge in [-0.25, -0.2) is 0 Å². The van der Waals surface area contributed by atoms with Gasteiger partial charge in [0.1, 0.15) is 11.5 Å². The molecular formula is C54H40F4O8P2. The fraction of sp³-hybridized carbons (Fsp3) is 0.111. The molecule has 0 amide bonds. The summed E-state index contributed by atoms with van der Waals surface area (Å²) >= 11 is 0. The van der Waals surface area contributed by atoms with Gasteiger partial charge in [0.2, 0.25) is 11.5 Å². The molecule has 342 valence electrons. The van der Waals surface area contributed by atoms with Crippen molar-refractivity contribution in [3.8, 4) is 57.1 Å². The average molecular weight is 955 g/mol. The van der Waals surface area contributed by atoms with Gasteiger partial charge in [0, 0.05) is 37.6 Å². The number of para-hydroxylation sites is 2. The van der Waals surface area contributed by atoms with Gasteiger partial charge in [-0.2, -0.15) is 0 Å². The standard InChI is InChI=1S/C54H40F4O8P2/c1-33-15-23-39(24-16-33)67(59,40-25-17-34(2)18-26-40)45-32-44(61-37-11-7-5-8-12-37)49-51(65-54(57,58)64-49)47(45)43-31-46(50(62-38-13-9-6-10-14-38)52-48(43)63-53(55,56)66-52)68(60,41-27-19-35(3)20-28-41)42-29-21-36(4)22-30-42/h5-32H,1-4H3. The Morgan fingerprint density at radius 3 is 1.22 bits per heavy atom. The quantitative estimate of drug-likeness (QED) is 0.0936. The second-order valence-electron chi connectivity index (χ2n) is 16.6. The fourth-order valence-electron chi connectivity index (χ4n) is 8.32. The summed E-state index contributed by atoms with van der Waals surface area (Å²) in [6, 6.07) is 46.3. The first-order valence-corrected chi connectivity index (χ1v) is 24.8. The Balaban J connectivity index is 1.39. The van der Waals surface area contributed by atoms with Crippen LogP contribution in [0.1, 0.15) is 22.3 Å². The largest absolute Gasteiger partial charge is 0.586 e. The molecule has 10 rings (SSSR count). The van der Waals surface area contributed by atoms with Crippen LogP contribution < -0.4 is 60.2 Å². The minimum atomic E-state index is -4.39. The van der Waals surface area contributed by atoms with Gasteiger partial charge in [0.05, 0.1) is 5.30 Å². The predicted molar refractivity (Wildman–Crippen MR) is 255 cm³/mol. The number of benzene rings is 8. The molecule has 0 bridgehead atoms. The summed E-state index contributed by atoms with van der Waals surface area (Å²) in [7, 11) is -8.69. The average Bonchev–Trinajstić information content (AvgIpc) is 3.84. The van der Waals surface area contributed by atoms with Gasteiger partial charge >= 0.3 is 12.6 Å². The van der Waals surface area contributed by atoms with Gasteiger partial charge in [-0.05, 0) is 64.1 Å². The van der Waals surface area contributed by atoms with Crippen LogP contribution in [0, 0.1) is 27.7 Å². The molecule has 0 saturated carbocycles. The molecule has 14 heteroatoms. The molecule has 8 aromatic rings. The fourth-order valence-corrected chi connectivity index (χ4v) is 13.9. The molecule has 8 aromatic carbocycles. The number of ether oxygens (including phenoxy) is 6. The number of hydrogen-bond acceptors (Lipinski definition) is 8. The predicted octanol–water partition coefficient (Wildman–Crippen LogP) is 12.1. The molecule has 0 saturated heterocycles. The summed E-state index contributed by atoms with van der Waals surface area (Å²) in [6.45, 7) is 7.41. The minimum Gasteiger partial charge on any atom is -0.453 e. The van der Waals surface area contributed by atoms with E-state index in [1.54, 1.807) is 158 Å². The maximum atomic E-state index is 16.9. The zero-order valence-electron chi connectivity index (χ0n) is 36.8. The number of hydrogen-bond donors (Lipinski definition) is 0. The molecule has 2 aliphatic heterocycles. The SMILES string of the molecule is Cc1ccc(P(=O)(c2ccc(C)cc2)c2cc(-c3c(P(=O)(c4ccc(C)cc4)c4ccc(C)cc4)cc(Oc4ccccc4)c4c3OC(F)(F)O4)c3c(c2Oc2ccccc2)OC(F)(F)O3)cc1. The van der Waals surface area contributed by atoms with Gasteiger partial charge < -0.3 is 37.6 Å². The monoisotopic (exact) mass is 954 g/mol. The molecule has 0 radical (unpaired) electrons. The van der Waals surface area contributed by atoms with Crippen LogP contribution in [0.3, 0.4) is 0 Å². The lowest BCUT2D eigenvalue weighted by molar-refractivity contribution is -0.288. The highest BCUT2D eigenvalue weighted by molar-refractivity contribution is 7.86. The van der Waals surface area contributed by atoms with Crippen molar-refractivity contribution in [1.82, 2.24) is 0 Å². The highest BCUT2D eigenvalue weighted by Crippen LogP contribution is 2.63. The van der Waals surface area contributed by atoms with Gasteiger partial charge in [0.15, 0.2) is 37.3 Å². The third-order valence-corrected chi connectivity index (χ3v) is 17.9. The molecule has 0 atom stereocenters. The summed E-state index contributed by atoms with van der Waals surface area (Å²) in [5, 5.41) is 0.667. The minimum absolute atomic E-state index is 0.158. The number of aryl methyl sites for hydroxylation is 4. The van der Waals surface area contributed by atoms with E-state index in [4.69, 9.17) is 28.4 Å². The van der Waals surface area contributed by atoms with Crippen LogP contribution in [0.5, 0.6) is 46.0 Å². The third-order valence-electron chi connectivity index (χ3n) is 11.7. The van der Waals surface area contributed by atoms with Crippen LogP contribution in [-0.4, -0.2) is 12.6 Å². The van der Waals surface area contributed by atoms with Crippen LogP contribution in [-0.2, 0) is 9.13 Å². The summed E-state index contributed by atoms with van der Waals surface area (Å²) in [5.41, 5.74) is 2.53. The van der Waals surface area contributed by atoms with E-state index in [2.05, 4.69) is 0 Å². The maximum absolute atomic E-state index is 16.9. The Kier molecular flexibility index (Phi) is 11.0. The van der Waals surface area contributed by atoms with E-state index in [-0.39, 0.29) is 49.1 Å². The van der Waals surface area contributed by atoms with Crippen molar-refractivity contribution < 1.29 is 55.1 Å². The second-order valence-corrected chi connectivity index (χ2v) is 22.0. The zero-order chi connectivity index (χ0) is 47.6. The Morgan fingerprint density at radius 1 is 0.412 bits per heavy atom. The lowest BCUT2D eigenvalue weighted by atomic mass is 10.0. The molecule has 0 fully saturated rings.